The van der Waals surface area contributed by atoms with Gasteiger partial charge in [-0.15, -0.1) is 0 Å². The number of benzene rings is 2. The molecule has 0 saturated carbocycles. The number of aromatic nitrogens is 2. The fourth-order valence-corrected chi connectivity index (χ4v) is 4.05. The molecule has 0 spiro atoms. The normalized spacial score (nSPS) is 14.0. The highest BCUT2D eigenvalue weighted by atomic mass is 16.5. The Balaban J connectivity index is 1.35. The maximum absolute atomic E-state index is 12.6. The first kappa shape index (κ1) is 22.5. The number of amides is 2. The number of imidazole rings is 1. The first-order chi connectivity index (χ1) is 16.0. The van der Waals surface area contributed by atoms with Gasteiger partial charge in [-0.25, -0.2) is 10.4 Å². The first-order valence-corrected chi connectivity index (χ1v) is 11.3. The second-order valence-corrected chi connectivity index (χ2v) is 8.15. The van der Waals surface area contributed by atoms with Crippen LogP contribution in [-0.2, 0) is 11.3 Å². The third-order valence-electron chi connectivity index (χ3n) is 5.94. The largest absolute Gasteiger partial charge is 0.484 e. The Labute approximate surface area is 193 Å². The summed E-state index contributed by atoms with van der Waals surface area (Å²) in [6.07, 6.45) is 2.13. The van der Waals surface area contributed by atoms with E-state index in [2.05, 4.69) is 27.0 Å². The molecule has 0 atom stereocenters. The van der Waals surface area contributed by atoms with Crippen molar-refractivity contribution >= 4 is 28.6 Å². The third kappa shape index (κ3) is 5.05. The van der Waals surface area contributed by atoms with Crippen LogP contribution in [0.3, 0.4) is 0 Å². The van der Waals surface area contributed by atoms with Crippen molar-refractivity contribution in [3.8, 4) is 5.75 Å². The Morgan fingerprint density at radius 3 is 2.48 bits per heavy atom. The zero-order chi connectivity index (χ0) is 23.4. The van der Waals surface area contributed by atoms with Gasteiger partial charge in [-0.1, -0.05) is 0 Å². The van der Waals surface area contributed by atoms with E-state index in [9.17, 15) is 9.59 Å². The molecule has 2 heterocycles. The highest BCUT2D eigenvalue weighted by Crippen LogP contribution is 2.18. The minimum Gasteiger partial charge on any atom is -0.484 e. The molecule has 1 saturated heterocycles. The minimum absolute atomic E-state index is 0.0202. The second-order valence-electron chi connectivity index (χ2n) is 8.15. The van der Waals surface area contributed by atoms with Gasteiger partial charge in [0.1, 0.15) is 11.6 Å². The molecule has 33 heavy (non-hydrogen) atoms. The molecule has 0 radical (unpaired) electrons. The van der Waals surface area contributed by atoms with Crippen molar-refractivity contribution in [2.75, 3.05) is 19.7 Å². The number of hydrogen-bond acceptors (Lipinski definition) is 5. The van der Waals surface area contributed by atoms with Crippen LogP contribution in [-0.4, -0.2) is 51.7 Å². The van der Waals surface area contributed by atoms with E-state index in [1.54, 1.807) is 24.3 Å². The number of carbonyl (C=O) groups excluding carboxylic acids is 2. The third-order valence-corrected chi connectivity index (χ3v) is 5.94. The molecule has 172 valence electrons. The fraction of sp³-hybridized carbons (Fsp3) is 0.360. The van der Waals surface area contributed by atoms with Crippen molar-refractivity contribution in [3.05, 3.63) is 59.4 Å². The van der Waals surface area contributed by atoms with E-state index in [-0.39, 0.29) is 18.4 Å². The molecule has 4 rings (SSSR count). The van der Waals surface area contributed by atoms with Gasteiger partial charge in [-0.05, 0) is 81.6 Å². The second kappa shape index (κ2) is 9.85. The number of ether oxygens (including phenoxy) is 1. The number of fused-ring (bicyclic) bond motifs is 1. The maximum Gasteiger partial charge on any atom is 0.271 e. The van der Waals surface area contributed by atoms with Crippen LogP contribution in [0.15, 0.2) is 47.6 Å². The van der Waals surface area contributed by atoms with Crippen molar-refractivity contribution in [1.82, 2.24) is 19.9 Å². The van der Waals surface area contributed by atoms with E-state index in [4.69, 9.17) is 4.74 Å². The van der Waals surface area contributed by atoms with Gasteiger partial charge in [-0.2, -0.15) is 5.10 Å². The fourth-order valence-electron chi connectivity index (χ4n) is 4.05. The molecular weight excluding hydrogens is 418 g/mol. The van der Waals surface area contributed by atoms with Gasteiger partial charge in [0.25, 0.3) is 11.8 Å². The predicted molar refractivity (Wildman–Crippen MR) is 128 cm³/mol. The molecule has 1 N–H and O–H groups in total. The number of hydrogen-bond donors (Lipinski definition) is 1. The standard InChI is InChI=1S/C25H29N5O3/c1-4-30-18(3)26-22-15-20(9-12-23(22)30)25(32)28-27-17(2)19-7-10-21(11-8-19)33-16-24(31)29-13-5-6-14-29/h7-12,15H,4-6,13-14,16H2,1-3H3,(H,28,32)/b27-17-. The van der Waals surface area contributed by atoms with E-state index < -0.39 is 0 Å². The summed E-state index contributed by atoms with van der Waals surface area (Å²) in [7, 11) is 0. The highest BCUT2D eigenvalue weighted by Gasteiger charge is 2.18. The molecule has 1 aliphatic heterocycles. The summed E-state index contributed by atoms with van der Waals surface area (Å²) in [4.78, 5) is 31.1. The molecular formula is C25H29N5O3. The summed E-state index contributed by atoms with van der Waals surface area (Å²) < 4.78 is 7.72. The molecule has 8 heteroatoms. The molecule has 0 aliphatic carbocycles. The Morgan fingerprint density at radius 2 is 1.79 bits per heavy atom. The quantitative estimate of drug-likeness (QED) is 0.443. The molecule has 1 fully saturated rings. The monoisotopic (exact) mass is 447 g/mol. The van der Waals surface area contributed by atoms with Crippen LogP contribution in [0.25, 0.3) is 11.0 Å². The summed E-state index contributed by atoms with van der Waals surface area (Å²) >= 11 is 0. The summed E-state index contributed by atoms with van der Waals surface area (Å²) in [5.74, 6) is 1.28. The van der Waals surface area contributed by atoms with Crippen LogP contribution < -0.4 is 10.2 Å². The maximum atomic E-state index is 12.6. The van der Waals surface area contributed by atoms with Crippen LogP contribution >= 0.6 is 0 Å². The minimum atomic E-state index is -0.291. The number of hydrazone groups is 1. The number of carbonyl (C=O) groups is 2. The highest BCUT2D eigenvalue weighted by molar-refractivity contribution is 6.01. The Morgan fingerprint density at radius 1 is 1.09 bits per heavy atom. The lowest BCUT2D eigenvalue weighted by Crippen LogP contribution is -2.32. The van der Waals surface area contributed by atoms with E-state index in [1.807, 2.05) is 36.9 Å². The van der Waals surface area contributed by atoms with Crippen LogP contribution in [0.1, 0.15) is 48.4 Å². The topological polar surface area (TPSA) is 88.8 Å². The van der Waals surface area contributed by atoms with Crippen molar-refractivity contribution in [2.24, 2.45) is 5.10 Å². The van der Waals surface area contributed by atoms with Gasteiger partial charge in [0.05, 0.1) is 16.7 Å². The lowest BCUT2D eigenvalue weighted by Gasteiger charge is -2.15. The zero-order valence-electron chi connectivity index (χ0n) is 19.3. The van der Waals surface area contributed by atoms with E-state index in [1.165, 1.54) is 0 Å². The zero-order valence-corrected chi connectivity index (χ0v) is 19.3. The van der Waals surface area contributed by atoms with Crippen LogP contribution in [0.4, 0.5) is 0 Å². The van der Waals surface area contributed by atoms with Gasteiger partial charge in [0, 0.05) is 25.2 Å². The van der Waals surface area contributed by atoms with Gasteiger partial charge in [0.15, 0.2) is 6.61 Å². The van der Waals surface area contributed by atoms with Gasteiger partial charge < -0.3 is 14.2 Å². The predicted octanol–water partition coefficient (Wildman–Crippen LogP) is 3.52. The summed E-state index contributed by atoms with van der Waals surface area (Å²) in [5, 5.41) is 4.24. The summed E-state index contributed by atoms with van der Waals surface area (Å²) in [6.45, 7) is 8.36. The van der Waals surface area contributed by atoms with Crippen molar-refractivity contribution in [1.29, 1.82) is 0 Å². The first-order valence-electron chi connectivity index (χ1n) is 11.3. The number of likely N-dealkylation sites (tertiary alicyclic amines) is 1. The molecule has 0 bridgehead atoms. The van der Waals surface area contributed by atoms with Crippen LogP contribution in [0, 0.1) is 6.92 Å². The average molecular weight is 448 g/mol. The molecule has 1 aromatic heterocycles. The Kier molecular flexibility index (Phi) is 6.72. The molecule has 0 unspecified atom stereocenters. The van der Waals surface area contributed by atoms with E-state index in [0.717, 1.165) is 54.9 Å². The molecule has 2 amide bonds. The van der Waals surface area contributed by atoms with Crippen LogP contribution in [0.5, 0.6) is 5.75 Å². The van der Waals surface area contributed by atoms with E-state index >= 15 is 0 Å². The molecule has 8 nitrogen and oxygen atoms in total. The number of nitrogens with one attached hydrogen (secondary N) is 1. The smallest absolute Gasteiger partial charge is 0.271 e. The lowest BCUT2D eigenvalue weighted by molar-refractivity contribution is -0.132. The average Bonchev–Trinajstić information content (AvgIpc) is 3.48. The van der Waals surface area contributed by atoms with Crippen molar-refractivity contribution < 1.29 is 14.3 Å². The number of rotatable bonds is 7. The summed E-state index contributed by atoms with van der Waals surface area (Å²) in [6, 6.07) is 12.8. The lowest BCUT2D eigenvalue weighted by atomic mass is 10.1. The molecule has 3 aromatic rings. The number of nitrogens with zero attached hydrogens (tertiary/aromatic N) is 4. The van der Waals surface area contributed by atoms with Crippen LogP contribution in [0.2, 0.25) is 0 Å². The molecule has 2 aromatic carbocycles. The van der Waals surface area contributed by atoms with Gasteiger partial charge >= 0.3 is 0 Å². The summed E-state index contributed by atoms with van der Waals surface area (Å²) in [5.41, 5.74) is 6.44. The SMILES string of the molecule is CCn1c(C)nc2cc(C(=O)N/N=C(/C)c3ccc(OCC(=O)N4CCCC4)cc3)ccc21. The van der Waals surface area contributed by atoms with Crippen molar-refractivity contribution in [3.63, 3.8) is 0 Å². The van der Waals surface area contributed by atoms with Crippen molar-refractivity contribution in [2.45, 2.75) is 40.2 Å². The Bertz CT molecular complexity index is 1190. The van der Waals surface area contributed by atoms with E-state index in [0.29, 0.717) is 17.0 Å². The van der Waals surface area contributed by atoms with Gasteiger partial charge in [0.2, 0.25) is 0 Å². The van der Waals surface area contributed by atoms with Gasteiger partial charge in [-0.3, -0.25) is 9.59 Å². The number of aryl methyl sites for hydroxylation is 2. The molecule has 1 aliphatic rings. The Hall–Kier alpha value is -3.68.